The van der Waals surface area contributed by atoms with Gasteiger partial charge in [-0.25, -0.2) is 5.43 Å². The summed E-state index contributed by atoms with van der Waals surface area (Å²) < 4.78 is 16.5. The Morgan fingerprint density at radius 3 is 2.69 bits per heavy atom. The van der Waals surface area contributed by atoms with Crippen LogP contribution in [-0.2, 0) is 6.54 Å². The SMILES string of the molecule is COc1ccc(C2NNCC2CNCc2ccc3c(c2)OCCO3)cc1. The predicted octanol–water partition coefficient (Wildman–Crippen LogP) is 2.02. The molecular formula is C20H25N3O3. The summed E-state index contributed by atoms with van der Waals surface area (Å²) in [7, 11) is 1.69. The van der Waals surface area contributed by atoms with Crippen LogP contribution in [0.15, 0.2) is 42.5 Å². The molecule has 26 heavy (non-hydrogen) atoms. The minimum Gasteiger partial charge on any atom is -0.497 e. The first-order valence-electron chi connectivity index (χ1n) is 9.05. The van der Waals surface area contributed by atoms with E-state index in [1.54, 1.807) is 7.11 Å². The van der Waals surface area contributed by atoms with Crippen LogP contribution in [0.3, 0.4) is 0 Å². The van der Waals surface area contributed by atoms with Crippen molar-refractivity contribution in [3.8, 4) is 17.2 Å². The van der Waals surface area contributed by atoms with Crippen LogP contribution in [0.25, 0.3) is 0 Å². The lowest BCUT2D eigenvalue weighted by Gasteiger charge is -2.21. The van der Waals surface area contributed by atoms with Crippen LogP contribution >= 0.6 is 0 Å². The summed E-state index contributed by atoms with van der Waals surface area (Å²) in [4.78, 5) is 0. The van der Waals surface area contributed by atoms with Crippen LogP contribution in [0.5, 0.6) is 17.2 Å². The standard InChI is InChI=1S/C20H25N3O3/c1-24-17-5-3-15(4-6-17)20-16(13-22-23-20)12-21-11-14-2-7-18-19(10-14)26-9-8-25-18/h2-7,10,16,20-23H,8-9,11-13H2,1H3. The smallest absolute Gasteiger partial charge is 0.161 e. The molecule has 0 aromatic heterocycles. The summed E-state index contributed by atoms with van der Waals surface area (Å²) in [5.74, 6) is 3.04. The highest BCUT2D eigenvalue weighted by molar-refractivity contribution is 5.43. The number of benzene rings is 2. The molecule has 138 valence electrons. The van der Waals surface area contributed by atoms with Gasteiger partial charge in [-0.05, 0) is 35.4 Å². The Morgan fingerprint density at radius 1 is 1.08 bits per heavy atom. The first-order valence-corrected chi connectivity index (χ1v) is 9.05. The van der Waals surface area contributed by atoms with Gasteiger partial charge >= 0.3 is 0 Å². The Morgan fingerprint density at radius 2 is 1.88 bits per heavy atom. The second kappa shape index (κ2) is 7.95. The van der Waals surface area contributed by atoms with Crippen LogP contribution in [0.2, 0.25) is 0 Å². The van der Waals surface area contributed by atoms with Gasteiger partial charge in [-0.1, -0.05) is 18.2 Å². The van der Waals surface area contributed by atoms with E-state index >= 15 is 0 Å². The van der Waals surface area contributed by atoms with Crippen molar-refractivity contribution in [1.82, 2.24) is 16.2 Å². The number of nitrogens with one attached hydrogen (secondary N) is 3. The van der Waals surface area contributed by atoms with Crippen molar-refractivity contribution in [2.24, 2.45) is 5.92 Å². The molecule has 0 aliphatic carbocycles. The summed E-state index contributed by atoms with van der Waals surface area (Å²) in [5, 5.41) is 3.57. The molecule has 2 aliphatic rings. The molecule has 0 saturated carbocycles. The lowest BCUT2D eigenvalue weighted by Crippen LogP contribution is -2.28. The lowest BCUT2D eigenvalue weighted by molar-refractivity contribution is 0.171. The van der Waals surface area contributed by atoms with E-state index in [0.29, 0.717) is 19.1 Å². The summed E-state index contributed by atoms with van der Waals surface area (Å²) in [6.45, 7) is 3.91. The number of fused-ring (bicyclic) bond motifs is 1. The molecule has 2 aromatic rings. The molecule has 2 unspecified atom stereocenters. The van der Waals surface area contributed by atoms with Crippen molar-refractivity contribution in [1.29, 1.82) is 0 Å². The molecule has 4 rings (SSSR count). The molecule has 0 bridgehead atoms. The summed E-state index contributed by atoms with van der Waals surface area (Å²) in [5.41, 5.74) is 9.13. The number of hydrazine groups is 1. The van der Waals surface area contributed by atoms with Gasteiger partial charge < -0.3 is 19.5 Å². The quantitative estimate of drug-likeness (QED) is 0.737. The number of hydrogen-bond donors (Lipinski definition) is 3. The summed E-state index contributed by atoms with van der Waals surface area (Å²) in [6.07, 6.45) is 0. The predicted molar refractivity (Wildman–Crippen MR) is 99.5 cm³/mol. The molecule has 6 nitrogen and oxygen atoms in total. The third-order valence-electron chi connectivity index (χ3n) is 4.91. The largest absolute Gasteiger partial charge is 0.497 e. The van der Waals surface area contributed by atoms with E-state index in [1.165, 1.54) is 11.1 Å². The van der Waals surface area contributed by atoms with Gasteiger partial charge in [-0.15, -0.1) is 0 Å². The molecule has 1 fully saturated rings. The van der Waals surface area contributed by atoms with E-state index in [1.807, 2.05) is 18.2 Å². The zero-order valence-corrected chi connectivity index (χ0v) is 15.0. The van der Waals surface area contributed by atoms with Crippen LogP contribution in [-0.4, -0.2) is 33.4 Å². The van der Waals surface area contributed by atoms with Crippen molar-refractivity contribution in [3.05, 3.63) is 53.6 Å². The fraction of sp³-hybridized carbons (Fsp3) is 0.400. The van der Waals surface area contributed by atoms with Crippen molar-refractivity contribution in [2.45, 2.75) is 12.6 Å². The van der Waals surface area contributed by atoms with Crippen LogP contribution in [0.1, 0.15) is 17.2 Å². The molecule has 0 radical (unpaired) electrons. The van der Waals surface area contributed by atoms with E-state index in [4.69, 9.17) is 14.2 Å². The van der Waals surface area contributed by atoms with Gasteiger partial charge in [0.05, 0.1) is 13.2 Å². The zero-order valence-electron chi connectivity index (χ0n) is 15.0. The van der Waals surface area contributed by atoms with Crippen LogP contribution in [0, 0.1) is 5.92 Å². The zero-order chi connectivity index (χ0) is 17.8. The van der Waals surface area contributed by atoms with E-state index in [9.17, 15) is 0 Å². The maximum atomic E-state index is 5.65. The van der Waals surface area contributed by atoms with Gasteiger partial charge in [-0.2, -0.15) is 0 Å². The topological polar surface area (TPSA) is 63.8 Å². The van der Waals surface area contributed by atoms with Crippen molar-refractivity contribution >= 4 is 0 Å². The Kier molecular flexibility index (Phi) is 5.24. The fourth-order valence-corrected chi connectivity index (χ4v) is 3.49. The molecule has 3 N–H and O–H groups in total. The van der Waals surface area contributed by atoms with E-state index in [2.05, 4.69) is 40.4 Å². The fourth-order valence-electron chi connectivity index (χ4n) is 3.49. The molecular weight excluding hydrogens is 330 g/mol. The molecule has 2 aromatic carbocycles. The van der Waals surface area contributed by atoms with Gasteiger partial charge in [0.1, 0.15) is 19.0 Å². The maximum Gasteiger partial charge on any atom is 0.161 e. The number of rotatable bonds is 6. The summed E-state index contributed by atoms with van der Waals surface area (Å²) in [6, 6.07) is 14.7. The van der Waals surface area contributed by atoms with Gasteiger partial charge in [0, 0.05) is 25.6 Å². The number of methoxy groups -OCH3 is 1. The maximum absolute atomic E-state index is 5.65. The highest BCUT2D eigenvalue weighted by atomic mass is 16.6. The lowest BCUT2D eigenvalue weighted by atomic mass is 9.95. The van der Waals surface area contributed by atoms with Crippen molar-refractivity contribution < 1.29 is 14.2 Å². The molecule has 0 spiro atoms. The highest BCUT2D eigenvalue weighted by Gasteiger charge is 2.27. The third kappa shape index (κ3) is 3.77. The van der Waals surface area contributed by atoms with Gasteiger partial charge in [0.25, 0.3) is 0 Å². The average Bonchev–Trinajstić information content (AvgIpc) is 3.16. The Labute approximate surface area is 153 Å². The van der Waals surface area contributed by atoms with E-state index in [-0.39, 0.29) is 6.04 Å². The van der Waals surface area contributed by atoms with Crippen molar-refractivity contribution in [2.75, 3.05) is 33.4 Å². The van der Waals surface area contributed by atoms with Crippen LogP contribution < -0.4 is 30.4 Å². The van der Waals surface area contributed by atoms with Crippen molar-refractivity contribution in [3.63, 3.8) is 0 Å². The first-order chi connectivity index (χ1) is 12.8. The number of ether oxygens (including phenoxy) is 3. The molecule has 6 heteroatoms. The Hall–Kier alpha value is -2.28. The average molecular weight is 355 g/mol. The Bertz CT molecular complexity index is 736. The highest BCUT2D eigenvalue weighted by Crippen LogP contribution is 2.31. The van der Waals surface area contributed by atoms with Gasteiger partial charge in [0.2, 0.25) is 0 Å². The molecule has 2 heterocycles. The monoisotopic (exact) mass is 355 g/mol. The third-order valence-corrected chi connectivity index (χ3v) is 4.91. The minimum atomic E-state index is 0.286. The normalized spacial score (nSPS) is 21.6. The van der Waals surface area contributed by atoms with E-state index in [0.717, 1.165) is 36.9 Å². The number of hydrogen-bond acceptors (Lipinski definition) is 6. The second-order valence-corrected chi connectivity index (χ2v) is 6.65. The first kappa shape index (κ1) is 17.1. The molecule has 0 amide bonds. The molecule has 2 aliphatic heterocycles. The minimum absolute atomic E-state index is 0.286. The Balaban J connectivity index is 1.33. The van der Waals surface area contributed by atoms with E-state index < -0.39 is 0 Å². The van der Waals surface area contributed by atoms with Gasteiger partial charge in [0.15, 0.2) is 11.5 Å². The van der Waals surface area contributed by atoms with Gasteiger partial charge in [-0.3, -0.25) is 5.43 Å². The summed E-state index contributed by atoms with van der Waals surface area (Å²) >= 11 is 0. The second-order valence-electron chi connectivity index (χ2n) is 6.65. The molecule has 1 saturated heterocycles. The van der Waals surface area contributed by atoms with Crippen LogP contribution in [0.4, 0.5) is 0 Å². The molecule has 2 atom stereocenters.